The van der Waals surface area contributed by atoms with Crippen molar-refractivity contribution in [2.45, 2.75) is 38.2 Å². The maximum absolute atomic E-state index is 11.9. The summed E-state index contributed by atoms with van der Waals surface area (Å²) in [5, 5.41) is 12.3. The lowest BCUT2D eigenvalue weighted by atomic mass is 10.1. The third kappa shape index (κ3) is 6.50. The summed E-state index contributed by atoms with van der Waals surface area (Å²) >= 11 is 0. The maximum atomic E-state index is 11.9. The number of carbonyl (C=O) groups excluding carboxylic acids is 2. The Labute approximate surface area is 137 Å². The first-order valence-corrected chi connectivity index (χ1v) is 8.40. The van der Waals surface area contributed by atoms with Crippen molar-refractivity contribution in [1.29, 1.82) is 0 Å². The van der Waals surface area contributed by atoms with Crippen LogP contribution < -0.4 is 5.32 Å². The Bertz CT molecular complexity index is 496. The predicted molar refractivity (Wildman–Crippen MR) is 89.3 cm³/mol. The molecule has 1 aromatic carbocycles. The summed E-state index contributed by atoms with van der Waals surface area (Å²) in [5.74, 6) is -0.0593. The van der Waals surface area contributed by atoms with Gasteiger partial charge in [0.25, 0.3) is 0 Å². The number of aliphatic hydroxyl groups excluding tert-OH is 1. The Morgan fingerprint density at radius 2 is 1.83 bits per heavy atom. The molecule has 1 aliphatic heterocycles. The van der Waals surface area contributed by atoms with Gasteiger partial charge in [0.2, 0.25) is 5.91 Å². The number of likely N-dealkylation sites (tertiary alicyclic amines) is 1. The van der Waals surface area contributed by atoms with Crippen LogP contribution in [0.5, 0.6) is 0 Å². The first-order valence-electron chi connectivity index (χ1n) is 8.40. The largest absolute Gasteiger partial charge is 0.393 e. The number of rotatable bonds is 8. The van der Waals surface area contributed by atoms with Gasteiger partial charge in [0.15, 0.2) is 5.78 Å². The molecule has 2 rings (SSSR count). The smallest absolute Gasteiger partial charge is 0.220 e. The fourth-order valence-corrected chi connectivity index (χ4v) is 2.76. The molecular formula is C18H26N2O3. The molecule has 5 nitrogen and oxygen atoms in total. The Hall–Kier alpha value is -1.72. The molecule has 5 heteroatoms. The molecule has 1 heterocycles. The van der Waals surface area contributed by atoms with E-state index >= 15 is 0 Å². The molecule has 0 saturated carbocycles. The van der Waals surface area contributed by atoms with Gasteiger partial charge in [-0.25, -0.2) is 0 Å². The van der Waals surface area contributed by atoms with E-state index in [0.29, 0.717) is 12.1 Å². The van der Waals surface area contributed by atoms with Crippen molar-refractivity contribution in [1.82, 2.24) is 10.2 Å². The molecule has 0 spiro atoms. The number of piperidine rings is 1. The number of nitrogens with one attached hydrogen (secondary N) is 1. The van der Waals surface area contributed by atoms with Gasteiger partial charge in [-0.1, -0.05) is 30.3 Å². The van der Waals surface area contributed by atoms with E-state index in [0.717, 1.165) is 38.9 Å². The molecule has 23 heavy (non-hydrogen) atoms. The minimum absolute atomic E-state index is 0.00706. The van der Waals surface area contributed by atoms with Crippen LogP contribution in [0.25, 0.3) is 0 Å². The van der Waals surface area contributed by atoms with Gasteiger partial charge < -0.3 is 15.3 Å². The zero-order valence-corrected chi connectivity index (χ0v) is 13.5. The van der Waals surface area contributed by atoms with E-state index in [9.17, 15) is 14.7 Å². The molecule has 0 aliphatic carbocycles. The van der Waals surface area contributed by atoms with Gasteiger partial charge in [-0.2, -0.15) is 0 Å². The molecule has 0 bridgehead atoms. The van der Waals surface area contributed by atoms with E-state index in [1.165, 1.54) is 0 Å². The van der Waals surface area contributed by atoms with Crippen molar-refractivity contribution < 1.29 is 14.7 Å². The zero-order chi connectivity index (χ0) is 16.5. The van der Waals surface area contributed by atoms with E-state index in [1.807, 2.05) is 18.2 Å². The van der Waals surface area contributed by atoms with Gasteiger partial charge in [-0.05, 0) is 25.8 Å². The number of hydrogen-bond acceptors (Lipinski definition) is 4. The molecule has 0 radical (unpaired) electrons. The number of nitrogens with zero attached hydrogens (tertiary/aromatic N) is 1. The van der Waals surface area contributed by atoms with Crippen molar-refractivity contribution in [3.05, 3.63) is 35.9 Å². The fraction of sp³-hybridized carbons (Fsp3) is 0.556. The monoisotopic (exact) mass is 318 g/mol. The van der Waals surface area contributed by atoms with Crippen molar-refractivity contribution in [2.75, 3.05) is 26.2 Å². The maximum Gasteiger partial charge on any atom is 0.220 e. The highest BCUT2D eigenvalue weighted by atomic mass is 16.3. The number of amides is 1. The van der Waals surface area contributed by atoms with Crippen molar-refractivity contribution in [2.24, 2.45) is 0 Å². The number of ketones is 1. The minimum atomic E-state index is -0.145. The van der Waals surface area contributed by atoms with Crippen LogP contribution in [-0.4, -0.2) is 54.0 Å². The van der Waals surface area contributed by atoms with Gasteiger partial charge >= 0.3 is 0 Å². The fourth-order valence-electron chi connectivity index (χ4n) is 2.76. The van der Waals surface area contributed by atoms with Crippen molar-refractivity contribution >= 4 is 11.7 Å². The summed E-state index contributed by atoms with van der Waals surface area (Å²) in [7, 11) is 0. The van der Waals surface area contributed by atoms with E-state index in [4.69, 9.17) is 0 Å². The second kappa shape index (κ2) is 9.43. The second-order valence-electron chi connectivity index (χ2n) is 6.07. The third-order valence-electron chi connectivity index (χ3n) is 4.21. The summed E-state index contributed by atoms with van der Waals surface area (Å²) in [5.41, 5.74) is 0.660. The van der Waals surface area contributed by atoms with Crippen LogP contribution in [0.3, 0.4) is 0 Å². The minimum Gasteiger partial charge on any atom is -0.393 e. The summed E-state index contributed by atoms with van der Waals surface area (Å²) in [6.07, 6.45) is 2.92. The number of aliphatic hydroxyl groups is 1. The van der Waals surface area contributed by atoms with E-state index in [2.05, 4.69) is 10.2 Å². The summed E-state index contributed by atoms with van der Waals surface area (Å²) in [6.45, 7) is 3.44. The van der Waals surface area contributed by atoms with Crippen LogP contribution in [0.4, 0.5) is 0 Å². The molecule has 0 unspecified atom stereocenters. The van der Waals surface area contributed by atoms with Gasteiger partial charge in [-0.15, -0.1) is 0 Å². The van der Waals surface area contributed by atoms with Gasteiger partial charge in [-0.3, -0.25) is 9.59 Å². The van der Waals surface area contributed by atoms with E-state index in [1.54, 1.807) is 12.1 Å². The van der Waals surface area contributed by atoms with Crippen LogP contribution in [0, 0.1) is 0 Å². The van der Waals surface area contributed by atoms with Crippen LogP contribution >= 0.6 is 0 Å². The highest BCUT2D eigenvalue weighted by molar-refractivity contribution is 5.97. The Balaban J connectivity index is 1.54. The van der Waals surface area contributed by atoms with Gasteiger partial charge in [0, 0.05) is 38.0 Å². The van der Waals surface area contributed by atoms with Crippen molar-refractivity contribution in [3.63, 3.8) is 0 Å². The molecule has 1 aromatic rings. The molecule has 0 atom stereocenters. The Morgan fingerprint density at radius 1 is 1.13 bits per heavy atom. The quantitative estimate of drug-likeness (QED) is 0.564. The molecule has 1 amide bonds. The molecule has 0 aromatic heterocycles. The average molecular weight is 318 g/mol. The van der Waals surface area contributed by atoms with Crippen LogP contribution in [0.15, 0.2) is 30.3 Å². The van der Waals surface area contributed by atoms with Crippen molar-refractivity contribution in [3.8, 4) is 0 Å². The highest BCUT2D eigenvalue weighted by Gasteiger charge is 2.16. The third-order valence-corrected chi connectivity index (χ3v) is 4.21. The number of benzene rings is 1. The Kier molecular flexibility index (Phi) is 7.23. The van der Waals surface area contributed by atoms with Crippen LogP contribution in [-0.2, 0) is 4.79 Å². The average Bonchev–Trinajstić information content (AvgIpc) is 2.59. The highest BCUT2D eigenvalue weighted by Crippen LogP contribution is 2.09. The first kappa shape index (κ1) is 17.6. The molecule has 1 saturated heterocycles. The summed E-state index contributed by atoms with van der Waals surface area (Å²) in [6, 6.07) is 9.07. The molecule has 2 N–H and O–H groups in total. The van der Waals surface area contributed by atoms with E-state index < -0.39 is 0 Å². The van der Waals surface area contributed by atoms with Crippen LogP contribution in [0.2, 0.25) is 0 Å². The second-order valence-corrected chi connectivity index (χ2v) is 6.07. The first-order chi connectivity index (χ1) is 11.1. The molecular weight excluding hydrogens is 292 g/mol. The van der Waals surface area contributed by atoms with Crippen LogP contribution in [0.1, 0.15) is 42.5 Å². The molecule has 1 aliphatic rings. The lowest BCUT2D eigenvalue weighted by Gasteiger charge is -2.29. The lowest BCUT2D eigenvalue weighted by molar-refractivity contribution is -0.121. The summed E-state index contributed by atoms with van der Waals surface area (Å²) < 4.78 is 0. The molecule has 1 fully saturated rings. The zero-order valence-electron chi connectivity index (χ0n) is 13.5. The normalized spacial score (nSPS) is 16.2. The van der Waals surface area contributed by atoms with Gasteiger partial charge in [0.05, 0.1) is 6.10 Å². The Morgan fingerprint density at radius 3 is 2.52 bits per heavy atom. The number of carbonyl (C=O) groups is 2. The molecule has 126 valence electrons. The van der Waals surface area contributed by atoms with E-state index in [-0.39, 0.29) is 30.6 Å². The summed E-state index contributed by atoms with van der Waals surface area (Å²) in [4.78, 5) is 26.0. The topological polar surface area (TPSA) is 69.6 Å². The SMILES string of the molecule is O=C(CCC(=O)c1ccccc1)NCCCN1CCC(O)CC1. The van der Waals surface area contributed by atoms with Gasteiger partial charge in [0.1, 0.15) is 0 Å². The number of Topliss-reactive ketones (excluding diaryl/α,β-unsaturated/α-hetero) is 1. The standard InChI is InChI=1S/C18H26N2O3/c21-16-9-13-20(14-10-16)12-4-11-19-18(23)8-7-17(22)15-5-2-1-3-6-15/h1-3,5-6,16,21H,4,7-14H2,(H,19,23). The lowest BCUT2D eigenvalue weighted by Crippen LogP contribution is -2.37. The predicted octanol–water partition coefficient (Wildman–Crippen LogP) is 1.61. The number of hydrogen-bond donors (Lipinski definition) is 2.